The van der Waals surface area contributed by atoms with E-state index in [2.05, 4.69) is 0 Å². The Hall–Kier alpha value is -1.98. The Bertz CT molecular complexity index is 647. The Morgan fingerprint density at radius 3 is 1.96 bits per heavy atom. The molecule has 1 atom stereocenters. The van der Waals surface area contributed by atoms with Crippen LogP contribution >= 0.6 is 0 Å². The number of benzene rings is 1. The molecule has 0 radical (unpaired) electrons. The molecule has 1 fully saturated rings. The van der Waals surface area contributed by atoms with Crippen LogP contribution in [0.15, 0.2) is 18.2 Å². The van der Waals surface area contributed by atoms with Gasteiger partial charge in [0.05, 0.1) is 16.8 Å². The predicted octanol–water partition coefficient (Wildman–Crippen LogP) is 3.75. The van der Waals surface area contributed by atoms with Crippen molar-refractivity contribution in [3.8, 4) is 0 Å². The molecule has 0 bridgehead atoms. The van der Waals surface area contributed by atoms with Crippen molar-refractivity contribution in [1.29, 1.82) is 0 Å². The maximum Gasteiger partial charge on any atom is 0.418 e. The van der Waals surface area contributed by atoms with E-state index in [1.807, 2.05) is 0 Å². The van der Waals surface area contributed by atoms with Crippen molar-refractivity contribution in [3.63, 3.8) is 0 Å². The third-order valence-corrected chi connectivity index (χ3v) is 3.24. The SMILES string of the molecule is O=C1C(C(F)(F)F)CNN1c1cc(C(F)(F)F)ccc1C(F)(F)F. The number of amides is 1. The summed E-state index contributed by atoms with van der Waals surface area (Å²) < 4.78 is 115. The van der Waals surface area contributed by atoms with Gasteiger partial charge in [-0.15, -0.1) is 0 Å². The fraction of sp³-hybridized carbons (Fsp3) is 0.417. The molecule has 0 spiro atoms. The summed E-state index contributed by atoms with van der Waals surface area (Å²) in [5.41, 5.74) is -2.77. The van der Waals surface area contributed by atoms with Crippen LogP contribution in [0, 0.1) is 5.92 Å². The van der Waals surface area contributed by atoms with Crippen molar-refractivity contribution in [2.45, 2.75) is 18.5 Å². The molecule has 1 heterocycles. The van der Waals surface area contributed by atoms with Crippen LogP contribution in [0.5, 0.6) is 0 Å². The Kier molecular flexibility index (Phi) is 4.23. The predicted molar refractivity (Wildman–Crippen MR) is 61.5 cm³/mol. The number of rotatable bonds is 1. The Morgan fingerprint density at radius 1 is 0.958 bits per heavy atom. The second-order valence-electron chi connectivity index (χ2n) is 4.86. The van der Waals surface area contributed by atoms with E-state index < -0.39 is 53.7 Å². The fourth-order valence-corrected chi connectivity index (χ4v) is 2.10. The lowest BCUT2D eigenvalue weighted by Gasteiger charge is -2.23. The lowest BCUT2D eigenvalue weighted by atomic mass is 10.1. The van der Waals surface area contributed by atoms with Crippen LogP contribution in [0.1, 0.15) is 11.1 Å². The second-order valence-corrected chi connectivity index (χ2v) is 4.86. The summed E-state index contributed by atoms with van der Waals surface area (Å²) in [6.45, 7) is -1.07. The number of hydrogen-bond donors (Lipinski definition) is 1. The standard InChI is InChI=1S/C12H7F9N2O/c13-10(14,15)5-1-2-6(11(16,17)18)8(3-5)23-9(24)7(4-22-23)12(19,20)21/h1-3,7,22H,4H2. The molecule has 0 aromatic heterocycles. The van der Waals surface area contributed by atoms with Gasteiger partial charge in [-0.1, -0.05) is 0 Å². The van der Waals surface area contributed by atoms with Gasteiger partial charge in [-0.05, 0) is 18.2 Å². The summed E-state index contributed by atoms with van der Waals surface area (Å²) in [5, 5.41) is -0.143. The summed E-state index contributed by atoms with van der Waals surface area (Å²) in [7, 11) is 0. The second kappa shape index (κ2) is 5.53. The number of alkyl halides is 9. The Balaban J connectivity index is 2.54. The molecule has 134 valence electrons. The Morgan fingerprint density at radius 2 is 1.54 bits per heavy atom. The highest BCUT2D eigenvalue weighted by atomic mass is 19.4. The largest absolute Gasteiger partial charge is 0.418 e. The van der Waals surface area contributed by atoms with Crippen LogP contribution in [-0.4, -0.2) is 18.6 Å². The summed E-state index contributed by atoms with van der Waals surface area (Å²) in [4.78, 5) is 11.7. The summed E-state index contributed by atoms with van der Waals surface area (Å²) in [6.07, 6.45) is -15.2. The van der Waals surface area contributed by atoms with Gasteiger partial charge in [-0.2, -0.15) is 39.5 Å². The van der Waals surface area contributed by atoms with Gasteiger partial charge in [0.15, 0.2) is 0 Å². The molecule has 24 heavy (non-hydrogen) atoms. The molecule has 3 nitrogen and oxygen atoms in total. The van der Waals surface area contributed by atoms with Crippen LogP contribution < -0.4 is 10.4 Å². The van der Waals surface area contributed by atoms with Crippen molar-refractivity contribution in [3.05, 3.63) is 29.3 Å². The minimum Gasteiger partial charge on any atom is -0.272 e. The third kappa shape index (κ3) is 3.42. The number of carbonyl (C=O) groups excluding carboxylic acids is 1. The van der Waals surface area contributed by atoms with Gasteiger partial charge in [0.2, 0.25) is 0 Å². The van der Waals surface area contributed by atoms with Crippen molar-refractivity contribution >= 4 is 11.6 Å². The molecule has 12 heteroatoms. The molecule has 1 saturated heterocycles. The van der Waals surface area contributed by atoms with Crippen molar-refractivity contribution < 1.29 is 44.3 Å². The van der Waals surface area contributed by atoms with Gasteiger partial charge in [0, 0.05) is 6.54 Å². The molecule has 2 rings (SSSR count). The molecule has 0 aliphatic carbocycles. The monoisotopic (exact) mass is 366 g/mol. The van der Waals surface area contributed by atoms with Crippen molar-refractivity contribution in [1.82, 2.24) is 5.43 Å². The quantitative estimate of drug-likeness (QED) is 0.768. The van der Waals surface area contributed by atoms with E-state index in [0.29, 0.717) is 0 Å². The van der Waals surface area contributed by atoms with Gasteiger partial charge in [0.1, 0.15) is 5.92 Å². The molecule has 1 aromatic rings. The fourth-order valence-electron chi connectivity index (χ4n) is 2.10. The Labute approximate surface area is 128 Å². The number of anilines is 1. The normalized spacial score (nSPS) is 20.0. The van der Waals surface area contributed by atoms with Crippen molar-refractivity contribution in [2.24, 2.45) is 5.92 Å². The van der Waals surface area contributed by atoms with E-state index in [4.69, 9.17) is 0 Å². The minimum absolute atomic E-state index is 0.0214. The van der Waals surface area contributed by atoms with Crippen LogP contribution in [0.3, 0.4) is 0 Å². The number of nitrogens with zero attached hydrogens (tertiary/aromatic N) is 1. The van der Waals surface area contributed by atoms with Crippen molar-refractivity contribution in [2.75, 3.05) is 11.6 Å². The highest BCUT2D eigenvalue weighted by Crippen LogP contribution is 2.42. The van der Waals surface area contributed by atoms with E-state index in [9.17, 15) is 44.3 Å². The third-order valence-electron chi connectivity index (χ3n) is 3.24. The average Bonchev–Trinajstić information content (AvgIpc) is 2.77. The molecule has 0 saturated carbocycles. The van der Waals surface area contributed by atoms with Gasteiger partial charge in [-0.3, -0.25) is 4.79 Å². The maximum atomic E-state index is 12.9. The first-order valence-electron chi connectivity index (χ1n) is 6.15. The maximum absolute atomic E-state index is 12.9. The zero-order valence-electron chi connectivity index (χ0n) is 11.3. The number of hydrogen-bond acceptors (Lipinski definition) is 2. The number of halogens is 9. The van der Waals surface area contributed by atoms with E-state index in [1.54, 1.807) is 5.43 Å². The van der Waals surface area contributed by atoms with Crippen LogP contribution in [0.25, 0.3) is 0 Å². The summed E-state index contributed by atoms with van der Waals surface area (Å²) in [6, 6.07) is 0.175. The molecule has 1 aromatic carbocycles. The zero-order valence-corrected chi connectivity index (χ0v) is 11.3. The van der Waals surface area contributed by atoms with E-state index in [-0.39, 0.29) is 23.2 Å². The molecular formula is C12H7F9N2O. The molecule has 1 aliphatic heterocycles. The first-order valence-corrected chi connectivity index (χ1v) is 6.15. The molecule has 1 N–H and O–H groups in total. The van der Waals surface area contributed by atoms with Gasteiger partial charge in [0.25, 0.3) is 5.91 Å². The van der Waals surface area contributed by atoms with Crippen LogP contribution in [-0.2, 0) is 17.1 Å². The first-order chi connectivity index (χ1) is 10.7. The van der Waals surface area contributed by atoms with Gasteiger partial charge >= 0.3 is 18.5 Å². The first kappa shape index (κ1) is 18.4. The molecule has 1 unspecified atom stereocenters. The number of hydrazine groups is 1. The van der Waals surface area contributed by atoms with Crippen LogP contribution in [0.2, 0.25) is 0 Å². The smallest absolute Gasteiger partial charge is 0.272 e. The zero-order chi connectivity index (χ0) is 18.5. The van der Waals surface area contributed by atoms with E-state index in [1.165, 1.54) is 0 Å². The molecular weight excluding hydrogens is 359 g/mol. The highest BCUT2D eigenvalue weighted by molar-refractivity contribution is 5.97. The molecule has 1 amide bonds. The number of carbonyl (C=O) groups is 1. The van der Waals surface area contributed by atoms with Gasteiger partial charge in [-0.25, -0.2) is 10.4 Å². The van der Waals surface area contributed by atoms with E-state index in [0.717, 1.165) is 0 Å². The average molecular weight is 366 g/mol. The minimum atomic E-state index is -5.17. The van der Waals surface area contributed by atoms with Gasteiger partial charge < -0.3 is 0 Å². The van der Waals surface area contributed by atoms with E-state index >= 15 is 0 Å². The topological polar surface area (TPSA) is 32.3 Å². The number of nitrogens with one attached hydrogen (secondary N) is 1. The highest BCUT2D eigenvalue weighted by Gasteiger charge is 2.52. The summed E-state index contributed by atoms with van der Waals surface area (Å²) >= 11 is 0. The summed E-state index contributed by atoms with van der Waals surface area (Å²) in [5.74, 6) is -4.46. The lowest BCUT2D eigenvalue weighted by Crippen LogP contribution is -2.38. The lowest BCUT2D eigenvalue weighted by molar-refractivity contribution is -0.174. The van der Waals surface area contributed by atoms with Crippen LogP contribution in [0.4, 0.5) is 45.2 Å². The molecule has 1 aliphatic rings.